The van der Waals surface area contributed by atoms with E-state index in [2.05, 4.69) is 6.07 Å². The van der Waals surface area contributed by atoms with Crippen LogP contribution < -0.4 is 11.2 Å². The third kappa shape index (κ3) is 3.43. The van der Waals surface area contributed by atoms with E-state index in [0.717, 1.165) is 16.2 Å². The van der Waals surface area contributed by atoms with E-state index in [1.54, 1.807) is 22.9 Å². The zero-order valence-electron chi connectivity index (χ0n) is 14.7. The third-order valence-corrected chi connectivity index (χ3v) is 4.12. The molecule has 3 aromatic heterocycles. The average molecular weight is 364 g/mol. The summed E-state index contributed by atoms with van der Waals surface area (Å²) in [6.07, 6.45) is 7.29. The van der Waals surface area contributed by atoms with Crippen LogP contribution >= 0.6 is 0 Å². The first-order valence-electron chi connectivity index (χ1n) is 8.02. The molecule has 0 atom stereocenters. The van der Waals surface area contributed by atoms with Crippen molar-refractivity contribution in [1.82, 2.24) is 13.5 Å². The number of nitriles is 1. The fourth-order valence-electron chi connectivity index (χ4n) is 2.72. The molecule has 3 rings (SSSR count). The number of carbonyl (C=O) groups excluding carboxylic acids is 1. The molecule has 0 saturated heterocycles. The molecule has 0 radical (unpaired) electrons. The lowest BCUT2D eigenvalue weighted by Crippen LogP contribution is -2.37. The van der Waals surface area contributed by atoms with Gasteiger partial charge in [-0.25, -0.2) is 9.59 Å². The van der Waals surface area contributed by atoms with Crippen molar-refractivity contribution in [3.8, 4) is 6.07 Å². The van der Waals surface area contributed by atoms with Crippen molar-refractivity contribution < 1.29 is 9.53 Å². The maximum absolute atomic E-state index is 12.0. The summed E-state index contributed by atoms with van der Waals surface area (Å²) in [4.78, 5) is 35.7. The summed E-state index contributed by atoms with van der Waals surface area (Å²) >= 11 is 0. The Balaban J connectivity index is 1.76. The molecule has 0 unspecified atom stereocenters. The zero-order valence-corrected chi connectivity index (χ0v) is 14.7. The number of aryl methyl sites for hydroxylation is 1. The Morgan fingerprint density at radius 1 is 1.26 bits per heavy atom. The monoisotopic (exact) mass is 364 g/mol. The minimum absolute atomic E-state index is 0.0704. The van der Waals surface area contributed by atoms with E-state index < -0.39 is 17.2 Å². The van der Waals surface area contributed by atoms with Crippen LogP contribution in [0.2, 0.25) is 0 Å². The van der Waals surface area contributed by atoms with E-state index in [-0.39, 0.29) is 12.2 Å². The largest absolute Gasteiger partial charge is 0.458 e. The van der Waals surface area contributed by atoms with Crippen molar-refractivity contribution in [3.05, 3.63) is 80.4 Å². The molecule has 3 heterocycles. The molecule has 0 aliphatic heterocycles. The van der Waals surface area contributed by atoms with Crippen molar-refractivity contribution in [2.45, 2.75) is 6.61 Å². The van der Waals surface area contributed by atoms with Crippen LogP contribution in [0.3, 0.4) is 0 Å². The number of rotatable bonds is 4. The lowest BCUT2D eigenvalue weighted by atomic mass is 10.2. The first-order valence-corrected chi connectivity index (χ1v) is 8.02. The molecular formula is C19H16N4O4. The van der Waals surface area contributed by atoms with Crippen LogP contribution in [0, 0.1) is 11.3 Å². The number of esters is 1. The normalized spacial score (nSPS) is 11.0. The molecule has 136 valence electrons. The highest BCUT2D eigenvalue weighted by Gasteiger charge is 2.11. The summed E-state index contributed by atoms with van der Waals surface area (Å²) in [6.45, 7) is -0.0704. The summed E-state index contributed by atoms with van der Waals surface area (Å²) in [5.41, 5.74) is 0.985. The standard InChI is InChI=1S/C19H16N4O4/c1-21-10-13(18(25)22(2)19(21)26)6-7-17(24)27-12-14-11-23-8-4-3-5-16(23)15(14)9-20/h3-8,10-11H,12H2,1-2H3/b7-6+. The second-order valence-corrected chi connectivity index (χ2v) is 5.92. The maximum atomic E-state index is 12.0. The zero-order chi connectivity index (χ0) is 19.6. The molecule has 0 aliphatic rings. The molecule has 0 N–H and O–H groups in total. The van der Waals surface area contributed by atoms with Crippen molar-refractivity contribution in [2.24, 2.45) is 14.1 Å². The van der Waals surface area contributed by atoms with Crippen molar-refractivity contribution in [3.63, 3.8) is 0 Å². The molecule has 0 bridgehead atoms. The van der Waals surface area contributed by atoms with Crippen LogP contribution in [0.1, 0.15) is 16.7 Å². The van der Waals surface area contributed by atoms with Crippen LogP contribution in [0.5, 0.6) is 0 Å². The summed E-state index contributed by atoms with van der Waals surface area (Å²) in [5, 5.41) is 9.34. The van der Waals surface area contributed by atoms with Crippen molar-refractivity contribution >= 4 is 17.6 Å². The maximum Gasteiger partial charge on any atom is 0.331 e. The predicted molar refractivity (Wildman–Crippen MR) is 97.9 cm³/mol. The molecule has 8 heteroatoms. The van der Waals surface area contributed by atoms with Gasteiger partial charge < -0.3 is 13.7 Å². The third-order valence-electron chi connectivity index (χ3n) is 4.12. The number of fused-ring (bicyclic) bond motifs is 1. The Labute approximate surface area is 153 Å². The van der Waals surface area contributed by atoms with Crippen LogP contribution in [0.25, 0.3) is 11.6 Å². The molecule has 3 aromatic rings. The average Bonchev–Trinajstić information content (AvgIpc) is 3.03. The first-order chi connectivity index (χ1) is 12.9. The number of carbonyl (C=O) groups is 1. The minimum Gasteiger partial charge on any atom is -0.458 e. The quantitative estimate of drug-likeness (QED) is 0.507. The fraction of sp³-hybridized carbons (Fsp3) is 0.158. The van der Waals surface area contributed by atoms with E-state index in [4.69, 9.17) is 4.74 Å². The molecule has 0 aromatic carbocycles. The number of hydrogen-bond donors (Lipinski definition) is 0. The molecule has 0 fully saturated rings. The predicted octanol–water partition coefficient (Wildman–Crippen LogP) is 0.965. The summed E-state index contributed by atoms with van der Waals surface area (Å²) in [6, 6.07) is 7.58. The highest BCUT2D eigenvalue weighted by molar-refractivity contribution is 5.87. The smallest absolute Gasteiger partial charge is 0.331 e. The highest BCUT2D eigenvalue weighted by atomic mass is 16.5. The van der Waals surface area contributed by atoms with E-state index in [1.165, 1.54) is 30.9 Å². The van der Waals surface area contributed by atoms with Crippen LogP contribution in [-0.4, -0.2) is 19.5 Å². The Hall–Kier alpha value is -3.86. The van der Waals surface area contributed by atoms with Gasteiger partial charge in [0.25, 0.3) is 5.56 Å². The lowest BCUT2D eigenvalue weighted by molar-refractivity contribution is -0.138. The number of ether oxygens (including phenoxy) is 1. The van der Waals surface area contributed by atoms with Crippen molar-refractivity contribution in [1.29, 1.82) is 5.26 Å². The lowest BCUT2D eigenvalue weighted by Gasteiger charge is -2.03. The summed E-state index contributed by atoms with van der Waals surface area (Å²) in [7, 11) is 2.88. The summed E-state index contributed by atoms with van der Waals surface area (Å²) < 4.78 is 9.17. The van der Waals surface area contributed by atoms with Gasteiger partial charge in [-0.2, -0.15) is 5.26 Å². The molecule has 0 spiro atoms. The molecule has 8 nitrogen and oxygen atoms in total. The number of pyridine rings is 1. The van der Waals surface area contributed by atoms with Gasteiger partial charge in [-0.3, -0.25) is 9.36 Å². The van der Waals surface area contributed by atoms with E-state index in [0.29, 0.717) is 11.1 Å². The highest BCUT2D eigenvalue weighted by Crippen LogP contribution is 2.18. The second-order valence-electron chi connectivity index (χ2n) is 5.92. The van der Waals surface area contributed by atoms with Gasteiger partial charge in [0.15, 0.2) is 0 Å². The first kappa shape index (κ1) is 17.9. The molecule has 0 aliphatic carbocycles. The Kier molecular flexibility index (Phi) is 4.77. The SMILES string of the molecule is Cn1cc(/C=C/C(=O)OCc2cn3ccccc3c2C#N)c(=O)n(C)c1=O. The van der Waals surface area contributed by atoms with Crippen LogP contribution in [-0.2, 0) is 30.2 Å². The van der Waals surface area contributed by atoms with Gasteiger partial charge in [-0.05, 0) is 18.2 Å². The molecular weight excluding hydrogens is 348 g/mol. The Morgan fingerprint density at radius 3 is 2.78 bits per heavy atom. The van der Waals surface area contributed by atoms with Gasteiger partial charge in [0.1, 0.15) is 12.7 Å². The molecule has 0 amide bonds. The second kappa shape index (κ2) is 7.17. The molecule has 27 heavy (non-hydrogen) atoms. The number of hydrogen-bond acceptors (Lipinski definition) is 5. The number of aromatic nitrogens is 3. The summed E-state index contributed by atoms with van der Waals surface area (Å²) in [5.74, 6) is -0.662. The van der Waals surface area contributed by atoms with Gasteiger partial charge in [0.2, 0.25) is 0 Å². The van der Waals surface area contributed by atoms with Gasteiger partial charge in [0, 0.05) is 44.3 Å². The molecule has 0 saturated carbocycles. The topological polar surface area (TPSA) is 98.5 Å². The number of nitrogens with zero attached hydrogens (tertiary/aromatic N) is 4. The Morgan fingerprint density at radius 2 is 2.04 bits per heavy atom. The van der Waals surface area contributed by atoms with Crippen LogP contribution in [0.15, 0.2) is 52.5 Å². The fourth-order valence-corrected chi connectivity index (χ4v) is 2.72. The van der Waals surface area contributed by atoms with Gasteiger partial charge in [0.05, 0.1) is 16.6 Å². The van der Waals surface area contributed by atoms with E-state index in [9.17, 15) is 19.6 Å². The van der Waals surface area contributed by atoms with E-state index in [1.807, 2.05) is 12.1 Å². The van der Waals surface area contributed by atoms with Gasteiger partial charge >= 0.3 is 11.7 Å². The van der Waals surface area contributed by atoms with Crippen LogP contribution in [0.4, 0.5) is 0 Å². The van der Waals surface area contributed by atoms with Gasteiger partial charge in [-0.1, -0.05) is 6.07 Å². The minimum atomic E-state index is -0.662. The Bertz CT molecular complexity index is 1220. The van der Waals surface area contributed by atoms with Gasteiger partial charge in [-0.15, -0.1) is 0 Å². The van der Waals surface area contributed by atoms with E-state index >= 15 is 0 Å². The van der Waals surface area contributed by atoms with Crippen molar-refractivity contribution in [2.75, 3.05) is 0 Å².